The molecule has 9 heteroatoms. The lowest BCUT2D eigenvalue weighted by Crippen LogP contribution is -2.65. The van der Waals surface area contributed by atoms with Gasteiger partial charge in [0.1, 0.15) is 6.61 Å². The summed E-state index contributed by atoms with van der Waals surface area (Å²) in [5.41, 5.74) is 4.24. The summed E-state index contributed by atoms with van der Waals surface area (Å²) in [6.45, 7) is -0.248. The Morgan fingerprint density at radius 1 is 1.40 bits per heavy atom. The number of hydroxylamine groups is 2. The highest BCUT2D eigenvalue weighted by molar-refractivity contribution is 7.98. The second-order valence-electron chi connectivity index (χ2n) is 5.35. The summed E-state index contributed by atoms with van der Waals surface area (Å²) < 4.78 is 9.92. The second kappa shape index (κ2) is 10.8. The summed E-state index contributed by atoms with van der Waals surface area (Å²) in [6, 6.07) is 4.08. The van der Waals surface area contributed by atoms with E-state index in [1.54, 1.807) is 17.8 Å². The predicted octanol–water partition coefficient (Wildman–Crippen LogP) is 0.0679. The Bertz CT molecular complexity index is 584. The number of amides is 1. The van der Waals surface area contributed by atoms with Gasteiger partial charge in [0.25, 0.3) is 0 Å². The first-order valence-electron chi connectivity index (χ1n) is 7.72. The SMILES string of the molecule is COc1ccc(CC(=O)N(O)CCOC(=O)[C@@H]([NH3+])CCSC)cc1O. The Kier molecular flexibility index (Phi) is 9.11. The maximum Gasteiger partial charge on any atom is 0.364 e. The fraction of sp³-hybridized carbons (Fsp3) is 0.500. The number of hydrogen-bond donors (Lipinski definition) is 3. The highest BCUT2D eigenvalue weighted by Crippen LogP contribution is 2.26. The molecular formula is C16H25N2O6S+. The molecule has 8 nitrogen and oxygen atoms in total. The van der Waals surface area contributed by atoms with Gasteiger partial charge in [-0.3, -0.25) is 10.0 Å². The zero-order valence-electron chi connectivity index (χ0n) is 14.4. The lowest BCUT2D eigenvalue weighted by Gasteiger charge is -2.16. The molecule has 0 saturated carbocycles. The van der Waals surface area contributed by atoms with Crippen LogP contribution < -0.4 is 10.5 Å². The van der Waals surface area contributed by atoms with E-state index in [0.717, 1.165) is 5.75 Å². The van der Waals surface area contributed by atoms with E-state index in [9.17, 15) is 19.9 Å². The van der Waals surface area contributed by atoms with Gasteiger partial charge in [0.05, 0.1) is 20.1 Å². The largest absolute Gasteiger partial charge is 0.504 e. The number of hydrogen-bond acceptors (Lipinski definition) is 7. The van der Waals surface area contributed by atoms with Crippen LogP contribution in [0.5, 0.6) is 11.5 Å². The van der Waals surface area contributed by atoms with E-state index in [4.69, 9.17) is 9.47 Å². The van der Waals surface area contributed by atoms with E-state index in [-0.39, 0.29) is 25.3 Å². The molecule has 1 atom stereocenters. The third kappa shape index (κ3) is 7.20. The van der Waals surface area contributed by atoms with Crippen LogP contribution in [0.4, 0.5) is 0 Å². The molecule has 1 rings (SSSR count). The summed E-state index contributed by atoms with van der Waals surface area (Å²) in [5.74, 6) is -0.00182. The maximum absolute atomic E-state index is 11.9. The molecular weight excluding hydrogens is 348 g/mol. The molecule has 0 fully saturated rings. The van der Waals surface area contributed by atoms with Crippen LogP contribution in [0.15, 0.2) is 18.2 Å². The summed E-state index contributed by atoms with van der Waals surface area (Å²) in [6.07, 6.45) is 2.45. The van der Waals surface area contributed by atoms with Crippen LogP contribution >= 0.6 is 11.8 Å². The van der Waals surface area contributed by atoms with E-state index >= 15 is 0 Å². The van der Waals surface area contributed by atoms with Crippen molar-refractivity contribution >= 4 is 23.6 Å². The van der Waals surface area contributed by atoms with Crippen molar-refractivity contribution in [2.75, 3.05) is 32.3 Å². The fourth-order valence-electron chi connectivity index (χ4n) is 1.96. The van der Waals surface area contributed by atoms with Crippen molar-refractivity contribution in [3.05, 3.63) is 23.8 Å². The molecule has 0 bridgehead atoms. The number of quaternary nitrogens is 1. The summed E-state index contributed by atoms with van der Waals surface area (Å²) >= 11 is 1.62. The molecule has 0 aliphatic rings. The molecule has 0 unspecified atom stereocenters. The molecule has 1 aromatic carbocycles. The number of methoxy groups -OCH3 is 1. The standard InChI is InChI=1S/C16H24N2O6S/c1-23-14-4-3-11(9-13(14)19)10-15(20)18(22)6-7-24-16(21)12(17)5-8-25-2/h3-4,9,12,19,22H,5-8,10,17H2,1-2H3/p+1/t12-/m0/s1. The zero-order chi connectivity index (χ0) is 18.8. The van der Waals surface area contributed by atoms with Crippen molar-refractivity contribution in [2.24, 2.45) is 0 Å². The Balaban J connectivity index is 2.39. The lowest BCUT2D eigenvalue weighted by molar-refractivity contribution is -0.408. The smallest absolute Gasteiger partial charge is 0.364 e. The summed E-state index contributed by atoms with van der Waals surface area (Å²) in [5, 5.41) is 19.9. The van der Waals surface area contributed by atoms with Crippen molar-refractivity contribution in [3.63, 3.8) is 0 Å². The molecule has 140 valence electrons. The number of carbonyl (C=O) groups is 2. The zero-order valence-corrected chi connectivity index (χ0v) is 15.3. The van der Waals surface area contributed by atoms with Gasteiger partial charge in [-0.1, -0.05) is 6.07 Å². The minimum Gasteiger partial charge on any atom is -0.504 e. The van der Waals surface area contributed by atoms with Gasteiger partial charge in [-0.25, -0.2) is 9.86 Å². The van der Waals surface area contributed by atoms with E-state index in [2.05, 4.69) is 5.73 Å². The minimum absolute atomic E-state index is 0.0852. The van der Waals surface area contributed by atoms with Crippen LogP contribution in [-0.2, 0) is 20.7 Å². The quantitative estimate of drug-likeness (QED) is 0.301. The van der Waals surface area contributed by atoms with Gasteiger partial charge >= 0.3 is 5.97 Å². The first-order chi connectivity index (χ1) is 11.9. The highest BCUT2D eigenvalue weighted by atomic mass is 32.2. The second-order valence-corrected chi connectivity index (χ2v) is 6.33. The molecule has 0 aromatic heterocycles. The van der Waals surface area contributed by atoms with Gasteiger partial charge in [0.2, 0.25) is 5.91 Å². The van der Waals surface area contributed by atoms with E-state index < -0.39 is 17.9 Å². The first-order valence-corrected chi connectivity index (χ1v) is 9.12. The van der Waals surface area contributed by atoms with Crippen LogP contribution in [0.2, 0.25) is 0 Å². The number of phenols is 1. The van der Waals surface area contributed by atoms with Crippen molar-refractivity contribution in [3.8, 4) is 11.5 Å². The van der Waals surface area contributed by atoms with Gasteiger partial charge in [0.15, 0.2) is 17.5 Å². The molecule has 5 N–H and O–H groups in total. The third-order valence-electron chi connectivity index (χ3n) is 3.44. The van der Waals surface area contributed by atoms with Crippen LogP contribution in [-0.4, -0.2) is 65.6 Å². The van der Waals surface area contributed by atoms with Crippen LogP contribution in [0.3, 0.4) is 0 Å². The number of thioether (sulfide) groups is 1. The Morgan fingerprint density at radius 2 is 2.12 bits per heavy atom. The van der Waals surface area contributed by atoms with Crippen LogP contribution in [0.25, 0.3) is 0 Å². The van der Waals surface area contributed by atoms with Crippen molar-refractivity contribution in [1.82, 2.24) is 5.06 Å². The topological polar surface area (TPSA) is 124 Å². The first kappa shape index (κ1) is 21.1. The van der Waals surface area contributed by atoms with Crippen LogP contribution in [0.1, 0.15) is 12.0 Å². The van der Waals surface area contributed by atoms with Crippen molar-refractivity contribution in [2.45, 2.75) is 18.9 Å². The number of rotatable bonds is 10. The van der Waals surface area contributed by atoms with Gasteiger partial charge in [-0.05, 0) is 29.7 Å². The van der Waals surface area contributed by atoms with E-state index in [1.165, 1.54) is 19.2 Å². The lowest BCUT2D eigenvalue weighted by atomic mass is 10.1. The molecule has 1 aromatic rings. The summed E-state index contributed by atoms with van der Waals surface area (Å²) in [4.78, 5) is 23.6. The monoisotopic (exact) mass is 373 g/mol. The molecule has 0 aliphatic heterocycles. The predicted molar refractivity (Wildman–Crippen MR) is 92.5 cm³/mol. The summed E-state index contributed by atoms with van der Waals surface area (Å²) in [7, 11) is 1.42. The third-order valence-corrected chi connectivity index (χ3v) is 4.08. The Hall–Kier alpha value is -1.97. The number of ether oxygens (including phenoxy) is 2. The molecule has 25 heavy (non-hydrogen) atoms. The van der Waals surface area contributed by atoms with E-state index in [0.29, 0.717) is 22.8 Å². The number of nitrogens with zero attached hydrogens (tertiary/aromatic N) is 1. The van der Waals surface area contributed by atoms with Crippen molar-refractivity contribution < 1.29 is 35.1 Å². The number of phenolic OH excluding ortho intramolecular Hbond substituents is 1. The fourth-order valence-corrected chi connectivity index (χ4v) is 2.48. The van der Waals surface area contributed by atoms with Gasteiger partial charge < -0.3 is 20.3 Å². The molecule has 0 heterocycles. The highest BCUT2D eigenvalue weighted by Gasteiger charge is 2.19. The Labute approximate surface area is 150 Å². The van der Waals surface area contributed by atoms with E-state index in [1.807, 2.05) is 6.26 Å². The molecule has 0 radical (unpaired) electrons. The molecule has 0 aliphatic carbocycles. The number of aromatic hydroxyl groups is 1. The number of carbonyl (C=O) groups excluding carboxylic acids is 2. The average Bonchev–Trinajstić information content (AvgIpc) is 2.59. The molecule has 0 saturated heterocycles. The van der Waals surface area contributed by atoms with Crippen LogP contribution in [0, 0.1) is 0 Å². The number of esters is 1. The Morgan fingerprint density at radius 3 is 2.72 bits per heavy atom. The average molecular weight is 373 g/mol. The molecule has 0 spiro atoms. The van der Waals surface area contributed by atoms with Gasteiger partial charge in [-0.15, -0.1) is 0 Å². The minimum atomic E-state index is -0.575. The normalized spacial score (nSPS) is 11.7. The molecule has 1 amide bonds. The maximum atomic E-state index is 11.9. The van der Waals surface area contributed by atoms with Gasteiger partial charge in [-0.2, -0.15) is 11.8 Å². The van der Waals surface area contributed by atoms with Gasteiger partial charge in [0, 0.05) is 6.42 Å². The van der Waals surface area contributed by atoms with Crippen molar-refractivity contribution in [1.29, 1.82) is 0 Å². The number of benzene rings is 1.